The zero-order chi connectivity index (χ0) is 12.7. The highest BCUT2D eigenvalue weighted by Crippen LogP contribution is 2.35. The molecule has 0 fully saturated rings. The fourth-order valence-electron chi connectivity index (χ4n) is 2.11. The summed E-state index contributed by atoms with van der Waals surface area (Å²) in [6.07, 6.45) is 3.19. The normalized spacial score (nSPS) is 12.9. The van der Waals surface area contributed by atoms with E-state index < -0.39 is 0 Å². The van der Waals surface area contributed by atoms with Crippen molar-refractivity contribution in [1.29, 1.82) is 0 Å². The molecule has 1 aromatic heterocycles. The van der Waals surface area contributed by atoms with Crippen LogP contribution >= 0.6 is 0 Å². The summed E-state index contributed by atoms with van der Waals surface area (Å²) in [6, 6.07) is 3.38. The van der Waals surface area contributed by atoms with Crippen LogP contribution in [0.1, 0.15) is 12.5 Å². The van der Waals surface area contributed by atoms with Crippen LogP contribution in [0, 0.1) is 0 Å². The maximum atomic E-state index is 12.1. The van der Waals surface area contributed by atoms with Crippen LogP contribution in [0.15, 0.2) is 23.1 Å². The molecular formula is C13H10NO4. The highest BCUT2D eigenvalue weighted by atomic mass is 16.7. The lowest BCUT2D eigenvalue weighted by Gasteiger charge is -2.09. The molecule has 1 aliphatic rings. The standard InChI is InChI=1S/C13H10NO4/c1-2-14-5-8(6-15)13(16)9-3-11-12(4-10(9)14)18-7-17-11/h3-5H,2,7H2,1H3. The first kappa shape index (κ1) is 10.8. The molecule has 0 spiro atoms. The Bertz CT molecular complexity index is 702. The Labute approximate surface area is 103 Å². The van der Waals surface area contributed by atoms with Gasteiger partial charge in [-0.15, -0.1) is 0 Å². The average Bonchev–Trinajstić information content (AvgIpc) is 2.85. The van der Waals surface area contributed by atoms with Crippen LogP contribution in [0.25, 0.3) is 10.9 Å². The lowest BCUT2D eigenvalue weighted by atomic mass is 10.1. The molecule has 5 heteroatoms. The number of rotatable bonds is 2. The van der Waals surface area contributed by atoms with E-state index >= 15 is 0 Å². The minimum absolute atomic E-state index is 0.0308. The van der Waals surface area contributed by atoms with Gasteiger partial charge < -0.3 is 14.0 Å². The molecule has 0 saturated heterocycles. The topological polar surface area (TPSA) is 57.5 Å². The number of aryl methyl sites for hydroxylation is 1. The first-order chi connectivity index (χ1) is 8.74. The van der Waals surface area contributed by atoms with Crippen LogP contribution in [0.5, 0.6) is 11.5 Å². The highest BCUT2D eigenvalue weighted by Gasteiger charge is 2.18. The van der Waals surface area contributed by atoms with E-state index in [-0.39, 0.29) is 17.8 Å². The molecule has 1 radical (unpaired) electrons. The maximum absolute atomic E-state index is 12.1. The zero-order valence-corrected chi connectivity index (χ0v) is 9.73. The van der Waals surface area contributed by atoms with Crippen molar-refractivity contribution in [3.05, 3.63) is 34.1 Å². The number of carbonyl (C=O) groups excluding carboxylic acids is 1. The van der Waals surface area contributed by atoms with Crippen LogP contribution in [-0.4, -0.2) is 17.6 Å². The van der Waals surface area contributed by atoms with Crippen LogP contribution in [0.3, 0.4) is 0 Å². The van der Waals surface area contributed by atoms with Gasteiger partial charge in [0.15, 0.2) is 11.5 Å². The quantitative estimate of drug-likeness (QED) is 0.796. The molecule has 0 N–H and O–H groups in total. The van der Waals surface area contributed by atoms with Crippen molar-refractivity contribution in [2.75, 3.05) is 6.79 Å². The molecule has 0 unspecified atom stereocenters. The van der Waals surface area contributed by atoms with Crippen molar-refractivity contribution in [2.24, 2.45) is 0 Å². The molecule has 2 aromatic rings. The second kappa shape index (κ2) is 3.87. The van der Waals surface area contributed by atoms with Crippen LogP contribution in [0.4, 0.5) is 0 Å². The minimum Gasteiger partial charge on any atom is -0.454 e. The van der Waals surface area contributed by atoms with Crippen molar-refractivity contribution < 1.29 is 14.3 Å². The number of fused-ring (bicyclic) bond motifs is 2. The van der Waals surface area contributed by atoms with Gasteiger partial charge in [-0.3, -0.25) is 9.59 Å². The number of nitrogens with zero attached hydrogens (tertiary/aromatic N) is 1. The molecule has 1 aliphatic heterocycles. The summed E-state index contributed by atoms with van der Waals surface area (Å²) in [7, 11) is 0. The van der Waals surface area contributed by atoms with Crippen molar-refractivity contribution in [3.63, 3.8) is 0 Å². The molecule has 3 rings (SSSR count). The third-order valence-electron chi connectivity index (χ3n) is 3.03. The third-order valence-corrected chi connectivity index (χ3v) is 3.03. The van der Waals surface area contributed by atoms with Gasteiger partial charge in [0.1, 0.15) is 0 Å². The fourth-order valence-corrected chi connectivity index (χ4v) is 2.11. The van der Waals surface area contributed by atoms with Gasteiger partial charge in [0, 0.05) is 18.8 Å². The summed E-state index contributed by atoms with van der Waals surface area (Å²) in [5, 5.41) is 0.446. The number of pyridine rings is 1. The Kier molecular flexibility index (Phi) is 2.33. The Morgan fingerprint density at radius 3 is 2.72 bits per heavy atom. The minimum atomic E-state index is -0.331. The second-order valence-electron chi connectivity index (χ2n) is 3.98. The SMILES string of the molecule is CCn1cc([C]=O)c(=O)c2cc3c(cc21)OCO3. The number of aromatic nitrogens is 1. The number of ether oxygens (including phenoxy) is 2. The van der Waals surface area contributed by atoms with Gasteiger partial charge in [-0.25, -0.2) is 0 Å². The molecule has 0 atom stereocenters. The zero-order valence-electron chi connectivity index (χ0n) is 9.73. The predicted molar refractivity (Wildman–Crippen MR) is 64.8 cm³/mol. The molecule has 1 aromatic carbocycles. The van der Waals surface area contributed by atoms with Gasteiger partial charge in [-0.1, -0.05) is 0 Å². The summed E-state index contributed by atoms with van der Waals surface area (Å²) in [5.41, 5.74) is 0.428. The van der Waals surface area contributed by atoms with Gasteiger partial charge in [-0.2, -0.15) is 0 Å². The van der Waals surface area contributed by atoms with Gasteiger partial charge in [-0.05, 0) is 13.0 Å². The number of hydrogen-bond donors (Lipinski definition) is 0. The summed E-state index contributed by atoms with van der Waals surface area (Å²) >= 11 is 0. The third kappa shape index (κ3) is 1.40. The summed E-state index contributed by atoms with van der Waals surface area (Å²) < 4.78 is 12.3. The van der Waals surface area contributed by atoms with Crippen molar-refractivity contribution >= 4 is 17.2 Å². The van der Waals surface area contributed by atoms with Gasteiger partial charge in [0.25, 0.3) is 0 Å². The Balaban J connectivity index is 2.44. The Morgan fingerprint density at radius 1 is 1.33 bits per heavy atom. The van der Waals surface area contributed by atoms with E-state index in [1.54, 1.807) is 18.4 Å². The Morgan fingerprint density at radius 2 is 2.06 bits per heavy atom. The number of hydrogen-bond acceptors (Lipinski definition) is 4. The van der Waals surface area contributed by atoms with E-state index in [2.05, 4.69) is 0 Å². The summed E-state index contributed by atoms with van der Waals surface area (Å²) in [6.45, 7) is 2.73. The lowest BCUT2D eigenvalue weighted by molar-refractivity contribution is 0.174. The molecule has 0 saturated carbocycles. The van der Waals surface area contributed by atoms with Crippen molar-refractivity contribution in [1.82, 2.24) is 4.57 Å². The smallest absolute Gasteiger partial charge is 0.239 e. The molecule has 18 heavy (non-hydrogen) atoms. The molecular weight excluding hydrogens is 234 g/mol. The molecule has 5 nitrogen and oxygen atoms in total. The monoisotopic (exact) mass is 244 g/mol. The van der Waals surface area contributed by atoms with E-state index in [1.807, 2.05) is 11.5 Å². The van der Waals surface area contributed by atoms with Crippen molar-refractivity contribution in [2.45, 2.75) is 13.5 Å². The summed E-state index contributed by atoms with van der Waals surface area (Å²) in [4.78, 5) is 22.8. The maximum Gasteiger partial charge on any atom is 0.239 e. The predicted octanol–water partition coefficient (Wildman–Crippen LogP) is 1.21. The highest BCUT2D eigenvalue weighted by molar-refractivity contribution is 5.88. The van der Waals surface area contributed by atoms with Crippen LogP contribution < -0.4 is 14.9 Å². The molecule has 0 aliphatic carbocycles. The van der Waals surface area contributed by atoms with E-state index in [0.717, 1.165) is 5.52 Å². The second-order valence-corrected chi connectivity index (χ2v) is 3.98. The van der Waals surface area contributed by atoms with E-state index in [0.29, 0.717) is 23.4 Å². The first-order valence-corrected chi connectivity index (χ1v) is 5.59. The molecule has 0 amide bonds. The molecule has 91 valence electrons. The lowest BCUT2D eigenvalue weighted by Crippen LogP contribution is -2.14. The largest absolute Gasteiger partial charge is 0.454 e. The van der Waals surface area contributed by atoms with E-state index in [4.69, 9.17) is 9.47 Å². The van der Waals surface area contributed by atoms with E-state index in [1.165, 1.54) is 6.20 Å². The molecule has 2 heterocycles. The van der Waals surface area contributed by atoms with Gasteiger partial charge >= 0.3 is 0 Å². The molecule has 0 bridgehead atoms. The van der Waals surface area contributed by atoms with Gasteiger partial charge in [0.05, 0.1) is 16.5 Å². The summed E-state index contributed by atoms with van der Waals surface area (Å²) in [5.74, 6) is 1.15. The van der Waals surface area contributed by atoms with Gasteiger partial charge in [0.2, 0.25) is 18.5 Å². The van der Waals surface area contributed by atoms with Crippen molar-refractivity contribution in [3.8, 4) is 11.5 Å². The van der Waals surface area contributed by atoms with Crippen LogP contribution in [0.2, 0.25) is 0 Å². The number of benzene rings is 1. The van der Waals surface area contributed by atoms with Crippen LogP contribution in [-0.2, 0) is 11.3 Å². The first-order valence-electron chi connectivity index (χ1n) is 5.59. The average molecular weight is 244 g/mol. The Hall–Kier alpha value is -2.30. The fraction of sp³-hybridized carbons (Fsp3) is 0.231. The van der Waals surface area contributed by atoms with E-state index in [9.17, 15) is 9.59 Å².